The summed E-state index contributed by atoms with van der Waals surface area (Å²) in [6.45, 7) is 6.45. The highest BCUT2D eigenvalue weighted by Gasteiger charge is 2.64. The third-order valence-corrected chi connectivity index (χ3v) is 6.37. The fourth-order valence-electron chi connectivity index (χ4n) is 5.66. The SMILES string of the molecule is C=C(C)C(=O)OCC1CC2C3CC(C2C1)C1C(=O)OCC31. The molecule has 4 aliphatic rings. The van der Waals surface area contributed by atoms with Gasteiger partial charge in [-0.1, -0.05) is 6.58 Å². The summed E-state index contributed by atoms with van der Waals surface area (Å²) >= 11 is 0. The molecule has 4 heteroatoms. The van der Waals surface area contributed by atoms with Crippen LogP contribution in [0.3, 0.4) is 0 Å². The van der Waals surface area contributed by atoms with E-state index < -0.39 is 0 Å². The van der Waals surface area contributed by atoms with Crippen LogP contribution in [0.1, 0.15) is 26.2 Å². The van der Waals surface area contributed by atoms with Crippen molar-refractivity contribution in [2.24, 2.45) is 41.4 Å². The smallest absolute Gasteiger partial charge is 0.333 e. The van der Waals surface area contributed by atoms with Crippen LogP contribution in [0.15, 0.2) is 12.2 Å². The van der Waals surface area contributed by atoms with Crippen LogP contribution in [0.2, 0.25) is 0 Å². The van der Waals surface area contributed by atoms with E-state index in [0.717, 1.165) is 18.8 Å². The van der Waals surface area contributed by atoms with Crippen molar-refractivity contribution in [1.82, 2.24) is 0 Å². The zero-order valence-corrected chi connectivity index (χ0v) is 12.4. The fourth-order valence-corrected chi connectivity index (χ4v) is 5.66. The molecule has 4 rings (SSSR count). The van der Waals surface area contributed by atoms with Gasteiger partial charge < -0.3 is 9.47 Å². The third kappa shape index (κ3) is 1.87. The lowest BCUT2D eigenvalue weighted by Crippen LogP contribution is -2.32. The molecule has 2 bridgehead atoms. The molecule has 21 heavy (non-hydrogen) atoms. The molecule has 0 spiro atoms. The number of hydrogen-bond acceptors (Lipinski definition) is 4. The maximum atomic E-state index is 11.9. The average molecular weight is 290 g/mol. The lowest BCUT2D eigenvalue weighted by Gasteiger charge is -2.31. The highest BCUT2D eigenvalue weighted by Crippen LogP contribution is 2.65. The molecule has 0 radical (unpaired) electrons. The maximum Gasteiger partial charge on any atom is 0.333 e. The molecular weight excluding hydrogens is 268 g/mol. The van der Waals surface area contributed by atoms with E-state index in [1.165, 1.54) is 6.42 Å². The summed E-state index contributed by atoms with van der Waals surface area (Å²) in [6, 6.07) is 0. The topological polar surface area (TPSA) is 52.6 Å². The van der Waals surface area contributed by atoms with Crippen LogP contribution in [0.25, 0.3) is 0 Å². The number of cyclic esters (lactones) is 1. The van der Waals surface area contributed by atoms with Crippen LogP contribution in [0.4, 0.5) is 0 Å². The van der Waals surface area contributed by atoms with Crippen LogP contribution in [-0.4, -0.2) is 25.2 Å². The minimum Gasteiger partial charge on any atom is -0.465 e. The molecule has 0 aromatic rings. The van der Waals surface area contributed by atoms with E-state index in [2.05, 4.69) is 6.58 Å². The summed E-state index contributed by atoms with van der Waals surface area (Å²) in [6.07, 6.45) is 3.47. The zero-order valence-electron chi connectivity index (χ0n) is 12.4. The highest BCUT2D eigenvalue weighted by molar-refractivity contribution is 5.86. The summed E-state index contributed by atoms with van der Waals surface area (Å²) < 4.78 is 10.6. The van der Waals surface area contributed by atoms with Crippen molar-refractivity contribution in [1.29, 1.82) is 0 Å². The maximum absolute atomic E-state index is 11.9. The molecule has 4 nitrogen and oxygen atoms in total. The first-order valence-electron chi connectivity index (χ1n) is 8.05. The molecule has 3 aliphatic carbocycles. The van der Waals surface area contributed by atoms with Gasteiger partial charge in [-0.2, -0.15) is 0 Å². The van der Waals surface area contributed by atoms with Gasteiger partial charge in [0.05, 0.1) is 19.1 Å². The van der Waals surface area contributed by atoms with Gasteiger partial charge in [0, 0.05) is 11.5 Å². The van der Waals surface area contributed by atoms with Crippen LogP contribution in [-0.2, 0) is 19.1 Å². The fraction of sp³-hybridized carbons (Fsp3) is 0.765. The number of carbonyl (C=O) groups excluding carboxylic acids is 2. The van der Waals surface area contributed by atoms with Gasteiger partial charge in [0.1, 0.15) is 0 Å². The first-order chi connectivity index (χ1) is 10.1. The summed E-state index contributed by atoms with van der Waals surface area (Å²) in [5, 5.41) is 0. The van der Waals surface area contributed by atoms with Gasteiger partial charge in [-0.05, 0) is 55.8 Å². The van der Waals surface area contributed by atoms with Crippen LogP contribution in [0.5, 0.6) is 0 Å². The van der Waals surface area contributed by atoms with Gasteiger partial charge in [0.25, 0.3) is 0 Å². The van der Waals surface area contributed by atoms with Gasteiger partial charge in [0.2, 0.25) is 0 Å². The molecule has 0 aromatic carbocycles. The summed E-state index contributed by atoms with van der Waals surface area (Å²) in [7, 11) is 0. The standard InChI is InChI=1S/C17H22O4/c1-8(2)16(18)20-6-9-3-10-11(4-9)13-5-12(10)14-7-21-17(19)15(13)14/h9-15H,1,3-7H2,2H3. The molecule has 0 amide bonds. The monoisotopic (exact) mass is 290 g/mol. The number of fused-ring (bicyclic) bond motifs is 8. The Kier molecular flexibility index (Phi) is 2.92. The number of rotatable bonds is 3. The summed E-state index contributed by atoms with van der Waals surface area (Å²) in [4.78, 5) is 23.4. The Morgan fingerprint density at radius 1 is 1.19 bits per heavy atom. The van der Waals surface area contributed by atoms with E-state index in [0.29, 0.717) is 48.4 Å². The highest BCUT2D eigenvalue weighted by atomic mass is 16.5. The predicted octanol–water partition coefficient (Wildman–Crippen LogP) is 2.19. The van der Waals surface area contributed by atoms with Crippen molar-refractivity contribution in [3.8, 4) is 0 Å². The lowest BCUT2D eigenvalue weighted by atomic mass is 9.71. The number of ether oxygens (including phenoxy) is 2. The molecule has 4 fully saturated rings. The minimum absolute atomic E-state index is 0.0445. The van der Waals surface area contributed by atoms with Gasteiger partial charge in [-0.15, -0.1) is 0 Å². The second kappa shape index (κ2) is 4.59. The van der Waals surface area contributed by atoms with E-state index in [-0.39, 0.29) is 17.9 Å². The quantitative estimate of drug-likeness (QED) is 0.590. The van der Waals surface area contributed by atoms with Crippen molar-refractivity contribution >= 4 is 11.9 Å². The molecule has 7 unspecified atom stereocenters. The van der Waals surface area contributed by atoms with Crippen molar-refractivity contribution in [3.63, 3.8) is 0 Å². The Bertz CT molecular complexity index is 511. The first-order valence-corrected chi connectivity index (χ1v) is 8.05. The van der Waals surface area contributed by atoms with Crippen molar-refractivity contribution in [3.05, 3.63) is 12.2 Å². The second-order valence-corrected chi connectivity index (χ2v) is 7.43. The van der Waals surface area contributed by atoms with E-state index in [9.17, 15) is 9.59 Å². The molecule has 0 aromatic heterocycles. The number of hydrogen-bond donors (Lipinski definition) is 0. The molecule has 1 aliphatic heterocycles. The number of carbonyl (C=O) groups is 2. The molecule has 114 valence electrons. The Hall–Kier alpha value is -1.32. The molecule has 0 N–H and O–H groups in total. The Morgan fingerprint density at radius 2 is 1.86 bits per heavy atom. The summed E-state index contributed by atoms with van der Waals surface area (Å²) in [5.41, 5.74) is 0.463. The average Bonchev–Trinajstić information content (AvgIpc) is 3.14. The predicted molar refractivity (Wildman–Crippen MR) is 75.0 cm³/mol. The molecule has 1 saturated heterocycles. The van der Waals surface area contributed by atoms with E-state index in [1.54, 1.807) is 6.92 Å². The van der Waals surface area contributed by atoms with Crippen molar-refractivity contribution < 1.29 is 19.1 Å². The normalized spacial score (nSPS) is 46.1. The van der Waals surface area contributed by atoms with Crippen molar-refractivity contribution in [2.45, 2.75) is 26.2 Å². The molecule has 3 saturated carbocycles. The summed E-state index contributed by atoms with van der Waals surface area (Å²) in [5.74, 6) is 3.44. The van der Waals surface area contributed by atoms with Gasteiger partial charge in [0.15, 0.2) is 0 Å². The zero-order chi connectivity index (χ0) is 14.7. The van der Waals surface area contributed by atoms with Gasteiger partial charge in [-0.25, -0.2) is 4.79 Å². The molecule has 7 atom stereocenters. The Balaban J connectivity index is 1.41. The van der Waals surface area contributed by atoms with Gasteiger partial charge in [-0.3, -0.25) is 4.79 Å². The van der Waals surface area contributed by atoms with E-state index >= 15 is 0 Å². The number of esters is 2. The molecular formula is C17H22O4. The third-order valence-electron chi connectivity index (χ3n) is 6.37. The Morgan fingerprint density at radius 3 is 2.57 bits per heavy atom. The minimum atomic E-state index is -0.282. The second-order valence-electron chi connectivity index (χ2n) is 7.43. The largest absolute Gasteiger partial charge is 0.465 e. The van der Waals surface area contributed by atoms with E-state index in [1.807, 2.05) is 0 Å². The van der Waals surface area contributed by atoms with Gasteiger partial charge >= 0.3 is 11.9 Å². The van der Waals surface area contributed by atoms with E-state index in [4.69, 9.17) is 9.47 Å². The van der Waals surface area contributed by atoms with Crippen LogP contribution >= 0.6 is 0 Å². The van der Waals surface area contributed by atoms with Crippen molar-refractivity contribution in [2.75, 3.05) is 13.2 Å². The first kappa shape index (κ1) is 13.4. The lowest BCUT2D eigenvalue weighted by molar-refractivity contribution is -0.143. The Labute approximate surface area is 124 Å². The molecule has 1 heterocycles. The van der Waals surface area contributed by atoms with Crippen LogP contribution < -0.4 is 0 Å². The van der Waals surface area contributed by atoms with Crippen LogP contribution in [0, 0.1) is 41.4 Å².